The molecule has 2 aromatic rings. The van der Waals surface area contributed by atoms with Crippen molar-refractivity contribution in [3.8, 4) is 5.75 Å². The van der Waals surface area contributed by atoms with Gasteiger partial charge >= 0.3 is 5.97 Å². The Morgan fingerprint density at radius 1 is 1.24 bits per heavy atom. The van der Waals surface area contributed by atoms with Crippen molar-refractivity contribution < 1.29 is 29.9 Å². The lowest BCUT2D eigenvalue weighted by Crippen LogP contribution is -2.89. The molecule has 3 rings (SSSR count). The Hall–Kier alpha value is -2.60. The maximum absolute atomic E-state index is 10.9. The van der Waals surface area contributed by atoms with Crippen molar-refractivity contribution in [2.24, 2.45) is 0 Å². The van der Waals surface area contributed by atoms with E-state index in [0.717, 1.165) is 41.5 Å². The fourth-order valence-corrected chi connectivity index (χ4v) is 2.77. The molecule has 0 unspecified atom stereocenters. The Kier molecular flexibility index (Phi) is 6.36. The van der Waals surface area contributed by atoms with Crippen LogP contribution >= 0.6 is 0 Å². The summed E-state index contributed by atoms with van der Waals surface area (Å²) in [6.45, 7) is 2.63. The van der Waals surface area contributed by atoms with Crippen molar-refractivity contribution in [3.63, 3.8) is 0 Å². The van der Waals surface area contributed by atoms with Crippen molar-refractivity contribution in [1.29, 1.82) is 0 Å². The molecule has 134 valence electrons. The number of carboxylic acids is 2. The highest BCUT2D eigenvalue weighted by molar-refractivity contribution is 5.86. The summed E-state index contributed by atoms with van der Waals surface area (Å²) in [5, 5.41) is 22.9. The van der Waals surface area contributed by atoms with Crippen molar-refractivity contribution >= 4 is 22.7 Å². The number of fused-ring (bicyclic) bond motifs is 1. The normalized spacial score (nSPS) is 17.4. The molecule has 25 heavy (non-hydrogen) atoms. The number of methoxy groups -OCH3 is 1. The number of rotatable bonds is 4. The molecule has 2 aromatic carbocycles. The summed E-state index contributed by atoms with van der Waals surface area (Å²) in [6, 6.07) is 11.2. The van der Waals surface area contributed by atoms with Crippen molar-refractivity contribution in [2.45, 2.75) is 31.7 Å². The molecule has 3 N–H and O–H groups in total. The maximum atomic E-state index is 10.9. The Morgan fingerprint density at radius 2 is 1.92 bits per heavy atom. The first kappa shape index (κ1) is 18.7. The van der Waals surface area contributed by atoms with Crippen molar-refractivity contribution in [3.05, 3.63) is 42.0 Å². The van der Waals surface area contributed by atoms with E-state index in [1.165, 1.54) is 0 Å². The molecular formula is C19H23NO5. The number of carbonyl (C=O) groups is 2. The van der Waals surface area contributed by atoms with E-state index in [1.807, 2.05) is 41.7 Å². The van der Waals surface area contributed by atoms with Crippen LogP contribution in [0.4, 0.5) is 0 Å². The van der Waals surface area contributed by atoms with Gasteiger partial charge in [0, 0.05) is 12.8 Å². The van der Waals surface area contributed by atoms with Gasteiger partial charge in [-0.15, -0.1) is 0 Å². The quantitative estimate of drug-likeness (QED) is 0.840. The fraction of sp³-hybridized carbons (Fsp3) is 0.368. The smallest absolute Gasteiger partial charge is 0.310 e. The van der Waals surface area contributed by atoms with Crippen LogP contribution in [-0.2, 0) is 9.59 Å². The number of carboxylic acid groups (broad SMARTS) is 2. The van der Waals surface area contributed by atoms with E-state index in [9.17, 15) is 14.7 Å². The average Bonchev–Trinajstić information content (AvgIpc) is 3.15. The summed E-state index contributed by atoms with van der Waals surface area (Å²) in [7, 11) is 1.63. The number of aliphatic carboxylic acids is 2. The fourth-order valence-electron chi connectivity index (χ4n) is 2.77. The van der Waals surface area contributed by atoms with Crippen molar-refractivity contribution in [1.82, 2.24) is 0 Å². The predicted octanol–water partition coefficient (Wildman–Crippen LogP) is 0.499. The van der Waals surface area contributed by atoms with E-state index in [4.69, 9.17) is 9.84 Å². The number of hydrogen-bond acceptors (Lipinski definition) is 4. The van der Waals surface area contributed by atoms with Crippen LogP contribution in [0.25, 0.3) is 10.8 Å². The standard InChI is InChI=1S/C14H14O3.C5H9NO2/c1-9(14(15)16)10-3-4-12-8-13(17-2)6-5-11(12)7-10;7-5(8)4-2-1-3-6-4/h3-9H,1-2H3,(H,15,16);4,6H,1-3H2,(H,7,8)/t9-;4-/m00/s1. The molecule has 0 aromatic heterocycles. The number of nitrogens with two attached hydrogens (primary N) is 1. The Bertz CT molecular complexity index is 753. The van der Waals surface area contributed by atoms with Gasteiger partial charge in [0.15, 0.2) is 0 Å². The molecule has 1 heterocycles. The van der Waals surface area contributed by atoms with Crippen LogP contribution in [0.2, 0.25) is 0 Å². The number of quaternary nitrogens is 1. The second-order valence-electron chi connectivity index (χ2n) is 6.12. The van der Waals surface area contributed by atoms with E-state index >= 15 is 0 Å². The Balaban J connectivity index is 0.000000236. The van der Waals surface area contributed by atoms with Crippen LogP contribution in [0, 0.1) is 0 Å². The minimum atomic E-state index is -0.914. The van der Waals surface area contributed by atoms with Crippen LogP contribution in [0.1, 0.15) is 31.2 Å². The van der Waals surface area contributed by atoms with E-state index in [0.29, 0.717) is 0 Å². The molecule has 6 heteroatoms. The molecule has 1 aliphatic rings. The summed E-state index contributed by atoms with van der Waals surface area (Å²) in [4.78, 5) is 21.0. The molecule has 1 saturated heterocycles. The monoisotopic (exact) mass is 345 g/mol. The van der Waals surface area contributed by atoms with Gasteiger partial charge < -0.3 is 25.1 Å². The second-order valence-corrected chi connectivity index (χ2v) is 6.12. The zero-order valence-corrected chi connectivity index (χ0v) is 14.4. The number of hydrogen-bond donors (Lipinski definition) is 2. The topological polar surface area (TPSA) is 103 Å². The van der Waals surface area contributed by atoms with E-state index in [-0.39, 0.29) is 6.04 Å². The highest BCUT2D eigenvalue weighted by Crippen LogP contribution is 2.25. The summed E-state index contributed by atoms with van der Waals surface area (Å²) in [5.74, 6) is -1.40. The first-order valence-electron chi connectivity index (χ1n) is 8.27. The van der Waals surface area contributed by atoms with E-state index in [2.05, 4.69) is 0 Å². The van der Waals surface area contributed by atoms with Gasteiger partial charge in [-0.2, -0.15) is 0 Å². The summed E-state index contributed by atoms with van der Waals surface area (Å²) in [6.07, 6.45) is 1.79. The predicted molar refractivity (Wildman–Crippen MR) is 91.4 cm³/mol. The lowest BCUT2D eigenvalue weighted by atomic mass is 9.98. The van der Waals surface area contributed by atoms with Gasteiger partial charge in [0.05, 0.1) is 25.5 Å². The van der Waals surface area contributed by atoms with Gasteiger partial charge in [-0.1, -0.05) is 24.3 Å². The largest absolute Gasteiger partial charge is 0.544 e. The third-order valence-electron chi connectivity index (χ3n) is 4.42. The first-order valence-corrected chi connectivity index (χ1v) is 8.27. The second kappa shape index (κ2) is 8.48. The lowest BCUT2D eigenvalue weighted by Gasteiger charge is -2.08. The summed E-state index contributed by atoms with van der Waals surface area (Å²) < 4.78 is 5.14. The van der Waals surface area contributed by atoms with Crippen LogP contribution in [0.5, 0.6) is 5.75 Å². The molecule has 1 aliphatic heterocycles. The summed E-state index contributed by atoms with van der Waals surface area (Å²) >= 11 is 0. The third kappa shape index (κ3) is 4.93. The molecule has 0 saturated carbocycles. The molecule has 2 atom stereocenters. The Morgan fingerprint density at radius 3 is 2.44 bits per heavy atom. The van der Waals surface area contributed by atoms with Gasteiger partial charge in [0.25, 0.3) is 0 Å². The zero-order valence-electron chi connectivity index (χ0n) is 14.4. The van der Waals surface area contributed by atoms with Gasteiger partial charge in [0.1, 0.15) is 11.8 Å². The Labute approximate surface area is 146 Å². The highest BCUT2D eigenvalue weighted by Gasteiger charge is 2.18. The molecule has 0 amide bonds. The third-order valence-corrected chi connectivity index (χ3v) is 4.42. The zero-order chi connectivity index (χ0) is 18.4. The SMILES string of the molecule is COc1ccc2cc([C@H](C)C(=O)O)ccc2c1.O=C([O-])[C@@H]1CCC[NH2+]1. The van der Waals surface area contributed by atoms with E-state index < -0.39 is 17.9 Å². The molecule has 6 nitrogen and oxygen atoms in total. The number of ether oxygens (including phenoxy) is 1. The number of benzene rings is 2. The molecule has 0 bridgehead atoms. The van der Waals surface area contributed by atoms with Gasteiger partial charge in [-0.25, -0.2) is 0 Å². The minimum absolute atomic E-state index is 0.255. The first-order chi connectivity index (χ1) is 11.9. The highest BCUT2D eigenvalue weighted by atomic mass is 16.5. The molecule has 0 aliphatic carbocycles. The van der Waals surface area contributed by atoms with Crippen LogP contribution in [-0.4, -0.2) is 36.7 Å². The minimum Gasteiger partial charge on any atom is -0.544 e. The maximum Gasteiger partial charge on any atom is 0.310 e. The molecule has 1 fully saturated rings. The molecule has 0 spiro atoms. The van der Waals surface area contributed by atoms with E-state index in [1.54, 1.807) is 14.0 Å². The van der Waals surface area contributed by atoms with Crippen molar-refractivity contribution in [2.75, 3.05) is 13.7 Å². The lowest BCUT2D eigenvalue weighted by molar-refractivity contribution is -0.664. The van der Waals surface area contributed by atoms with Gasteiger partial charge in [-0.3, -0.25) is 4.79 Å². The van der Waals surface area contributed by atoms with Gasteiger partial charge in [0.2, 0.25) is 0 Å². The van der Waals surface area contributed by atoms with Crippen LogP contribution < -0.4 is 15.2 Å². The van der Waals surface area contributed by atoms with Crippen LogP contribution in [0.3, 0.4) is 0 Å². The molecular weight excluding hydrogens is 322 g/mol. The van der Waals surface area contributed by atoms with Crippen LogP contribution in [0.15, 0.2) is 36.4 Å². The number of carbonyl (C=O) groups excluding carboxylic acids is 1. The van der Waals surface area contributed by atoms with Gasteiger partial charge in [-0.05, 0) is 35.4 Å². The summed E-state index contributed by atoms with van der Waals surface area (Å²) in [5.41, 5.74) is 0.815. The average molecular weight is 345 g/mol. The molecule has 0 radical (unpaired) electrons.